The van der Waals surface area contributed by atoms with Crippen molar-refractivity contribution in [2.24, 2.45) is 0 Å². The number of nitrogens with zero attached hydrogens (tertiary/aromatic N) is 2. The molecule has 1 aromatic heterocycles. The molecule has 0 amide bonds. The van der Waals surface area contributed by atoms with Gasteiger partial charge in [-0.05, 0) is 18.7 Å². The van der Waals surface area contributed by atoms with E-state index in [0.29, 0.717) is 0 Å². The van der Waals surface area contributed by atoms with Gasteiger partial charge in [0.1, 0.15) is 0 Å². The molecule has 0 bridgehead atoms. The number of nitrogens with one attached hydrogen (secondary N) is 2. The van der Waals surface area contributed by atoms with E-state index in [1.807, 2.05) is 24.3 Å². The fraction of sp³-hybridized carbons (Fsp3) is 0.500. The van der Waals surface area contributed by atoms with E-state index in [-0.39, 0.29) is 6.10 Å². The molecule has 102 valence electrons. The predicted molar refractivity (Wildman–Crippen MR) is 76.4 cm³/mol. The molecule has 1 saturated heterocycles. The summed E-state index contributed by atoms with van der Waals surface area (Å²) in [6.45, 7) is 6.91. The third-order valence-electron chi connectivity index (χ3n) is 3.56. The fourth-order valence-electron chi connectivity index (χ4n) is 2.44. The van der Waals surface area contributed by atoms with Crippen LogP contribution in [0.1, 0.15) is 6.92 Å². The van der Waals surface area contributed by atoms with Crippen molar-refractivity contribution in [1.82, 2.24) is 14.9 Å². The Balaban J connectivity index is 1.59. The zero-order valence-corrected chi connectivity index (χ0v) is 11.2. The average molecular weight is 260 g/mol. The van der Waals surface area contributed by atoms with Crippen molar-refractivity contribution in [3.63, 3.8) is 0 Å². The number of anilines is 1. The lowest BCUT2D eigenvalue weighted by Gasteiger charge is -2.32. The summed E-state index contributed by atoms with van der Waals surface area (Å²) in [4.78, 5) is 10.2. The number of aromatic nitrogens is 2. The van der Waals surface area contributed by atoms with Crippen LogP contribution in [0.15, 0.2) is 24.3 Å². The first-order valence-corrected chi connectivity index (χ1v) is 6.87. The summed E-state index contributed by atoms with van der Waals surface area (Å²) in [6.07, 6.45) is 0.238. The second-order valence-corrected chi connectivity index (χ2v) is 4.87. The van der Waals surface area contributed by atoms with Gasteiger partial charge in [-0.15, -0.1) is 0 Å². The first-order valence-electron chi connectivity index (χ1n) is 6.87. The highest BCUT2D eigenvalue weighted by molar-refractivity contribution is 5.77. The van der Waals surface area contributed by atoms with Crippen molar-refractivity contribution in [3.05, 3.63) is 24.3 Å². The second kappa shape index (κ2) is 5.59. The SMILES string of the molecule is CCN1CCOC(CNc2nc3ccccc3[nH]2)C1. The number of para-hydroxylation sites is 2. The van der Waals surface area contributed by atoms with E-state index < -0.39 is 0 Å². The zero-order chi connectivity index (χ0) is 13.1. The molecule has 3 rings (SSSR count). The first kappa shape index (κ1) is 12.4. The lowest BCUT2D eigenvalue weighted by atomic mass is 10.2. The summed E-state index contributed by atoms with van der Waals surface area (Å²) in [7, 11) is 0. The minimum absolute atomic E-state index is 0.238. The van der Waals surface area contributed by atoms with Crippen LogP contribution < -0.4 is 5.32 Å². The normalized spacial score (nSPS) is 20.8. The molecule has 5 nitrogen and oxygen atoms in total. The molecular weight excluding hydrogens is 240 g/mol. The Morgan fingerprint density at radius 3 is 3.21 bits per heavy atom. The van der Waals surface area contributed by atoms with Crippen LogP contribution >= 0.6 is 0 Å². The van der Waals surface area contributed by atoms with E-state index in [9.17, 15) is 0 Å². The van der Waals surface area contributed by atoms with Crippen molar-refractivity contribution in [1.29, 1.82) is 0 Å². The molecule has 0 aliphatic carbocycles. The molecule has 2 aromatic rings. The van der Waals surface area contributed by atoms with Crippen LogP contribution in [0.2, 0.25) is 0 Å². The summed E-state index contributed by atoms with van der Waals surface area (Å²) < 4.78 is 5.76. The highest BCUT2D eigenvalue weighted by Crippen LogP contribution is 2.13. The van der Waals surface area contributed by atoms with Gasteiger partial charge in [0.15, 0.2) is 0 Å². The first-order chi connectivity index (χ1) is 9.35. The van der Waals surface area contributed by atoms with Crippen LogP contribution in [0.5, 0.6) is 0 Å². The summed E-state index contributed by atoms with van der Waals surface area (Å²) in [5.41, 5.74) is 2.05. The number of H-pyrrole nitrogens is 1. The van der Waals surface area contributed by atoms with Gasteiger partial charge in [0.05, 0.1) is 23.7 Å². The molecule has 0 spiro atoms. The van der Waals surface area contributed by atoms with Gasteiger partial charge in [-0.2, -0.15) is 0 Å². The topological polar surface area (TPSA) is 53.2 Å². The maximum atomic E-state index is 5.76. The van der Waals surface area contributed by atoms with Crippen LogP contribution in [-0.2, 0) is 4.74 Å². The van der Waals surface area contributed by atoms with Crippen LogP contribution in [0.25, 0.3) is 11.0 Å². The number of ether oxygens (including phenoxy) is 1. The van der Waals surface area contributed by atoms with Crippen LogP contribution in [0.4, 0.5) is 5.95 Å². The van der Waals surface area contributed by atoms with E-state index >= 15 is 0 Å². The summed E-state index contributed by atoms with van der Waals surface area (Å²) in [5, 5.41) is 3.33. The van der Waals surface area contributed by atoms with E-state index in [0.717, 1.165) is 49.8 Å². The highest BCUT2D eigenvalue weighted by Gasteiger charge is 2.19. The van der Waals surface area contributed by atoms with Gasteiger partial charge < -0.3 is 15.0 Å². The molecule has 0 saturated carbocycles. The number of aromatic amines is 1. The van der Waals surface area contributed by atoms with E-state index in [2.05, 4.69) is 27.1 Å². The highest BCUT2D eigenvalue weighted by atomic mass is 16.5. The maximum Gasteiger partial charge on any atom is 0.201 e. The molecule has 1 aliphatic rings. The number of hydrogen-bond donors (Lipinski definition) is 2. The van der Waals surface area contributed by atoms with Crippen LogP contribution in [0.3, 0.4) is 0 Å². The number of imidazole rings is 1. The van der Waals surface area contributed by atoms with E-state index in [1.54, 1.807) is 0 Å². The van der Waals surface area contributed by atoms with Crippen molar-refractivity contribution in [2.45, 2.75) is 13.0 Å². The van der Waals surface area contributed by atoms with Crippen LogP contribution in [0, 0.1) is 0 Å². The van der Waals surface area contributed by atoms with Gasteiger partial charge in [-0.25, -0.2) is 4.98 Å². The third kappa shape index (κ3) is 2.88. The second-order valence-electron chi connectivity index (χ2n) is 4.87. The number of benzene rings is 1. The Bertz CT molecular complexity index is 506. The molecule has 0 radical (unpaired) electrons. The minimum Gasteiger partial charge on any atom is -0.374 e. The smallest absolute Gasteiger partial charge is 0.201 e. The van der Waals surface area contributed by atoms with Crippen molar-refractivity contribution in [3.8, 4) is 0 Å². The largest absolute Gasteiger partial charge is 0.374 e. The van der Waals surface area contributed by atoms with Gasteiger partial charge in [0.2, 0.25) is 5.95 Å². The minimum atomic E-state index is 0.238. The van der Waals surface area contributed by atoms with Crippen molar-refractivity contribution < 1.29 is 4.74 Å². The molecule has 1 fully saturated rings. The van der Waals surface area contributed by atoms with Gasteiger partial charge >= 0.3 is 0 Å². The zero-order valence-electron chi connectivity index (χ0n) is 11.2. The molecule has 1 atom stereocenters. The number of fused-ring (bicyclic) bond motifs is 1. The number of likely N-dealkylation sites (N-methyl/N-ethyl adjacent to an activating group) is 1. The molecule has 1 aromatic carbocycles. The third-order valence-corrected chi connectivity index (χ3v) is 3.56. The lowest BCUT2D eigenvalue weighted by Crippen LogP contribution is -2.45. The standard InChI is InChI=1S/C14H20N4O/c1-2-18-7-8-19-11(10-18)9-15-14-16-12-5-3-4-6-13(12)17-14/h3-6,11H,2,7-10H2,1H3,(H2,15,16,17). The molecular formula is C14H20N4O. The summed E-state index contributed by atoms with van der Waals surface area (Å²) in [6, 6.07) is 8.04. The number of rotatable bonds is 4. The Labute approximate surface area is 113 Å². The summed E-state index contributed by atoms with van der Waals surface area (Å²) in [5.74, 6) is 0.818. The van der Waals surface area contributed by atoms with E-state index in [4.69, 9.17) is 4.74 Å². The van der Waals surface area contributed by atoms with Crippen LogP contribution in [-0.4, -0.2) is 53.8 Å². The molecule has 2 N–H and O–H groups in total. The van der Waals surface area contributed by atoms with Gasteiger partial charge in [-0.1, -0.05) is 19.1 Å². The Morgan fingerprint density at radius 2 is 2.37 bits per heavy atom. The van der Waals surface area contributed by atoms with Crippen molar-refractivity contribution in [2.75, 3.05) is 38.1 Å². The average Bonchev–Trinajstić information content (AvgIpc) is 2.88. The van der Waals surface area contributed by atoms with E-state index in [1.165, 1.54) is 0 Å². The van der Waals surface area contributed by atoms with Gasteiger partial charge in [-0.3, -0.25) is 4.90 Å². The molecule has 19 heavy (non-hydrogen) atoms. The maximum absolute atomic E-state index is 5.76. The Kier molecular flexibility index (Phi) is 3.66. The monoisotopic (exact) mass is 260 g/mol. The molecule has 1 aliphatic heterocycles. The summed E-state index contributed by atoms with van der Waals surface area (Å²) >= 11 is 0. The molecule has 5 heteroatoms. The molecule has 1 unspecified atom stereocenters. The quantitative estimate of drug-likeness (QED) is 0.878. The predicted octanol–water partition coefficient (Wildman–Crippen LogP) is 1.70. The lowest BCUT2D eigenvalue weighted by molar-refractivity contribution is -0.0192. The number of hydrogen-bond acceptors (Lipinski definition) is 4. The molecule has 2 heterocycles. The van der Waals surface area contributed by atoms with Crippen molar-refractivity contribution >= 4 is 17.0 Å². The fourth-order valence-corrected chi connectivity index (χ4v) is 2.44. The van der Waals surface area contributed by atoms with Gasteiger partial charge in [0.25, 0.3) is 0 Å². The van der Waals surface area contributed by atoms with Gasteiger partial charge in [0, 0.05) is 19.6 Å². The Hall–Kier alpha value is -1.59. The Morgan fingerprint density at radius 1 is 1.47 bits per heavy atom. The number of morpholine rings is 1.